The number of thioether (sulfide) groups is 1. The van der Waals surface area contributed by atoms with Gasteiger partial charge < -0.3 is 5.32 Å². The molecular weight excluding hydrogens is 244 g/mol. The SMILES string of the molecule is CCS[C@@H]1CCC[C@@H](NC(=O)CN(C)C(C)C)C1. The Bertz CT molecular complexity index is 256. The Labute approximate surface area is 116 Å². The van der Waals surface area contributed by atoms with Crippen LogP contribution in [-0.2, 0) is 4.79 Å². The van der Waals surface area contributed by atoms with Crippen molar-refractivity contribution in [3.63, 3.8) is 0 Å². The van der Waals surface area contributed by atoms with Gasteiger partial charge in [-0.05, 0) is 45.9 Å². The van der Waals surface area contributed by atoms with Crippen LogP contribution in [0.2, 0.25) is 0 Å². The molecule has 0 spiro atoms. The summed E-state index contributed by atoms with van der Waals surface area (Å²) in [4.78, 5) is 14.0. The van der Waals surface area contributed by atoms with Crippen LogP contribution in [0.15, 0.2) is 0 Å². The maximum absolute atomic E-state index is 11.9. The summed E-state index contributed by atoms with van der Waals surface area (Å²) in [5.41, 5.74) is 0. The highest BCUT2D eigenvalue weighted by atomic mass is 32.2. The van der Waals surface area contributed by atoms with Crippen LogP contribution in [0.5, 0.6) is 0 Å². The molecule has 0 heterocycles. The molecule has 4 heteroatoms. The fraction of sp³-hybridized carbons (Fsp3) is 0.929. The Morgan fingerprint density at radius 1 is 1.44 bits per heavy atom. The van der Waals surface area contributed by atoms with Crippen molar-refractivity contribution >= 4 is 17.7 Å². The summed E-state index contributed by atoms with van der Waals surface area (Å²) in [6, 6.07) is 0.821. The first kappa shape index (κ1) is 15.8. The van der Waals surface area contributed by atoms with Crippen LogP contribution in [0.25, 0.3) is 0 Å². The first-order valence-electron chi connectivity index (χ1n) is 7.14. The molecule has 106 valence electrons. The number of carbonyl (C=O) groups excluding carboxylic acids is 1. The molecule has 0 bridgehead atoms. The Morgan fingerprint density at radius 3 is 2.78 bits per heavy atom. The van der Waals surface area contributed by atoms with Crippen molar-refractivity contribution in [1.82, 2.24) is 10.2 Å². The second-order valence-corrected chi connectivity index (χ2v) is 7.09. The molecule has 0 aromatic rings. The van der Waals surface area contributed by atoms with Crippen LogP contribution < -0.4 is 5.32 Å². The Balaban J connectivity index is 2.30. The van der Waals surface area contributed by atoms with Gasteiger partial charge in [0.1, 0.15) is 0 Å². The number of hydrogen-bond donors (Lipinski definition) is 1. The number of likely N-dealkylation sites (N-methyl/N-ethyl adjacent to an activating group) is 1. The van der Waals surface area contributed by atoms with Gasteiger partial charge in [-0.2, -0.15) is 11.8 Å². The molecule has 1 aliphatic carbocycles. The lowest BCUT2D eigenvalue weighted by Gasteiger charge is -2.30. The van der Waals surface area contributed by atoms with E-state index in [9.17, 15) is 4.79 Å². The third-order valence-electron chi connectivity index (χ3n) is 3.67. The summed E-state index contributed by atoms with van der Waals surface area (Å²) in [6.45, 7) is 6.95. The van der Waals surface area contributed by atoms with Gasteiger partial charge in [0.2, 0.25) is 5.91 Å². The highest BCUT2D eigenvalue weighted by Gasteiger charge is 2.23. The van der Waals surface area contributed by atoms with Gasteiger partial charge in [0.05, 0.1) is 6.54 Å². The fourth-order valence-corrected chi connectivity index (χ4v) is 3.52. The lowest BCUT2D eigenvalue weighted by molar-refractivity contribution is -0.123. The van der Waals surface area contributed by atoms with E-state index in [2.05, 4.69) is 31.0 Å². The van der Waals surface area contributed by atoms with Gasteiger partial charge in [-0.15, -0.1) is 0 Å². The minimum absolute atomic E-state index is 0.179. The molecule has 0 aliphatic heterocycles. The van der Waals surface area contributed by atoms with E-state index in [1.807, 2.05) is 18.8 Å². The van der Waals surface area contributed by atoms with Crippen LogP contribution in [0.4, 0.5) is 0 Å². The lowest BCUT2D eigenvalue weighted by Crippen LogP contribution is -2.44. The second-order valence-electron chi connectivity index (χ2n) is 5.52. The summed E-state index contributed by atoms with van der Waals surface area (Å²) >= 11 is 2.04. The van der Waals surface area contributed by atoms with Crippen molar-refractivity contribution in [2.24, 2.45) is 0 Å². The van der Waals surface area contributed by atoms with Crippen LogP contribution in [0, 0.1) is 0 Å². The molecular formula is C14H28N2OS. The van der Waals surface area contributed by atoms with E-state index >= 15 is 0 Å². The highest BCUT2D eigenvalue weighted by molar-refractivity contribution is 7.99. The van der Waals surface area contributed by atoms with E-state index in [1.165, 1.54) is 18.6 Å². The zero-order valence-corrected chi connectivity index (χ0v) is 13.1. The number of nitrogens with zero attached hydrogens (tertiary/aromatic N) is 1. The molecule has 1 N–H and O–H groups in total. The van der Waals surface area contributed by atoms with Crippen LogP contribution in [0.3, 0.4) is 0 Å². The van der Waals surface area contributed by atoms with Crippen molar-refractivity contribution in [1.29, 1.82) is 0 Å². The van der Waals surface area contributed by atoms with E-state index in [0.717, 1.165) is 18.1 Å². The minimum atomic E-state index is 0.179. The summed E-state index contributed by atoms with van der Waals surface area (Å²) in [7, 11) is 2.00. The van der Waals surface area contributed by atoms with E-state index < -0.39 is 0 Å². The molecule has 0 unspecified atom stereocenters. The van der Waals surface area contributed by atoms with E-state index in [-0.39, 0.29) is 5.91 Å². The molecule has 0 radical (unpaired) electrons. The number of amides is 1. The Morgan fingerprint density at radius 2 is 2.17 bits per heavy atom. The quantitative estimate of drug-likeness (QED) is 0.806. The first-order valence-corrected chi connectivity index (χ1v) is 8.19. The number of hydrogen-bond acceptors (Lipinski definition) is 3. The molecule has 1 rings (SSSR count). The monoisotopic (exact) mass is 272 g/mol. The maximum atomic E-state index is 11.9. The van der Waals surface area contributed by atoms with E-state index in [0.29, 0.717) is 18.6 Å². The standard InChI is InChI=1S/C14H28N2OS/c1-5-18-13-8-6-7-12(9-13)15-14(17)10-16(4)11(2)3/h11-13H,5-10H2,1-4H3,(H,15,17)/t12-,13-/m1/s1. The molecule has 0 aromatic heterocycles. The van der Waals surface area contributed by atoms with Crippen molar-refractivity contribution in [3.05, 3.63) is 0 Å². The average molecular weight is 272 g/mol. The van der Waals surface area contributed by atoms with Crippen LogP contribution >= 0.6 is 11.8 Å². The molecule has 1 fully saturated rings. The molecule has 1 saturated carbocycles. The second kappa shape index (κ2) is 8.05. The Hall–Kier alpha value is -0.220. The predicted octanol–water partition coefficient (Wildman–Crippen LogP) is 2.51. The van der Waals surface area contributed by atoms with Crippen LogP contribution in [0.1, 0.15) is 46.5 Å². The fourth-order valence-electron chi connectivity index (χ4n) is 2.35. The largest absolute Gasteiger partial charge is 0.352 e. The van der Waals surface area contributed by atoms with Gasteiger partial charge in [0.15, 0.2) is 0 Å². The summed E-state index contributed by atoms with van der Waals surface area (Å²) in [5, 5.41) is 3.95. The van der Waals surface area contributed by atoms with Gasteiger partial charge in [0.25, 0.3) is 0 Å². The van der Waals surface area contributed by atoms with Crippen molar-refractivity contribution in [2.45, 2.75) is 63.8 Å². The van der Waals surface area contributed by atoms with E-state index in [1.54, 1.807) is 0 Å². The molecule has 18 heavy (non-hydrogen) atoms. The van der Waals surface area contributed by atoms with Gasteiger partial charge in [-0.1, -0.05) is 13.3 Å². The lowest BCUT2D eigenvalue weighted by atomic mass is 9.95. The average Bonchev–Trinajstić information content (AvgIpc) is 2.29. The molecule has 1 aliphatic rings. The first-order chi connectivity index (χ1) is 8.52. The molecule has 0 saturated heterocycles. The van der Waals surface area contributed by atoms with Crippen molar-refractivity contribution in [3.8, 4) is 0 Å². The number of carbonyl (C=O) groups is 1. The zero-order chi connectivity index (χ0) is 13.5. The molecule has 2 atom stereocenters. The minimum Gasteiger partial charge on any atom is -0.352 e. The maximum Gasteiger partial charge on any atom is 0.234 e. The van der Waals surface area contributed by atoms with E-state index in [4.69, 9.17) is 0 Å². The van der Waals surface area contributed by atoms with Crippen molar-refractivity contribution in [2.75, 3.05) is 19.3 Å². The summed E-state index contributed by atoms with van der Waals surface area (Å²) in [5.74, 6) is 1.36. The highest BCUT2D eigenvalue weighted by Crippen LogP contribution is 2.28. The summed E-state index contributed by atoms with van der Waals surface area (Å²) in [6.07, 6.45) is 4.87. The topological polar surface area (TPSA) is 32.3 Å². The number of rotatable bonds is 6. The third-order valence-corrected chi connectivity index (χ3v) is 4.90. The van der Waals surface area contributed by atoms with Gasteiger partial charge >= 0.3 is 0 Å². The van der Waals surface area contributed by atoms with Gasteiger partial charge in [-0.3, -0.25) is 9.69 Å². The molecule has 1 amide bonds. The van der Waals surface area contributed by atoms with Crippen LogP contribution in [-0.4, -0.2) is 47.5 Å². The zero-order valence-electron chi connectivity index (χ0n) is 12.2. The van der Waals surface area contributed by atoms with Gasteiger partial charge in [-0.25, -0.2) is 0 Å². The predicted molar refractivity (Wildman–Crippen MR) is 80.1 cm³/mol. The third kappa shape index (κ3) is 5.61. The molecule has 3 nitrogen and oxygen atoms in total. The smallest absolute Gasteiger partial charge is 0.234 e. The summed E-state index contributed by atoms with van der Waals surface area (Å²) < 4.78 is 0. The van der Waals surface area contributed by atoms with Gasteiger partial charge in [0, 0.05) is 17.3 Å². The molecule has 0 aromatic carbocycles. The Kier molecular flexibility index (Phi) is 7.08. The normalized spacial score (nSPS) is 24.6. The number of nitrogens with one attached hydrogen (secondary N) is 1. The van der Waals surface area contributed by atoms with Crippen molar-refractivity contribution < 1.29 is 4.79 Å².